The fraction of sp³-hybridized carbons (Fsp3) is 0.316. The Labute approximate surface area is 144 Å². The van der Waals surface area contributed by atoms with Crippen LogP contribution in [0, 0.1) is 6.92 Å². The van der Waals surface area contributed by atoms with Crippen LogP contribution < -0.4 is 11.1 Å². The maximum atomic E-state index is 12.2. The maximum absolute atomic E-state index is 12.2. The summed E-state index contributed by atoms with van der Waals surface area (Å²) in [4.78, 5) is 12.2. The normalized spacial score (nSPS) is 12.8. The van der Waals surface area contributed by atoms with Crippen molar-refractivity contribution >= 4 is 18.3 Å². The number of halogens is 1. The highest BCUT2D eigenvalue weighted by atomic mass is 35.5. The van der Waals surface area contributed by atoms with Crippen molar-refractivity contribution in [1.82, 2.24) is 5.32 Å². The summed E-state index contributed by atoms with van der Waals surface area (Å²) in [6, 6.07) is 17.5. The minimum Gasteiger partial charge on any atom is -0.352 e. The van der Waals surface area contributed by atoms with E-state index in [2.05, 4.69) is 17.4 Å². The zero-order valence-electron chi connectivity index (χ0n) is 13.7. The molecule has 0 bridgehead atoms. The molecule has 0 radical (unpaired) electrons. The Morgan fingerprint density at radius 3 is 2.30 bits per heavy atom. The molecule has 0 spiro atoms. The van der Waals surface area contributed by atoms with E-state index in [0.29, 0.717) is 0 Å². The number of aryl methyl sites for hydroxylation is 2. The Balaban J connectivity index is 0.00000264. The van der Waals surface area contributed by atoms with Crippen LogP contribution >= 0.6 is 12.4 Å². The van der Waals surface area contributed by atoms with Crippen molar-refractivity contribution in [3.8, 4) is 0 Å². The smallest absolute Gasteiger partial charge is 0.241 e. The molecule has 0 saturated carbocycles. The van der Waals surface area contributed by atoms with E-state index >= 15 is 0 Å². The van der Waals surface area contributed by atoms with Gasteiger partial charge in [0.1, 0.15) is 6.04 Å². The second kappa shape index (κ2) is 9.33. The van der Waals surface area contributed by atoms with E-state index < -0.39 is 6.04 Å². The second-order valence-electron chi connectivity index (χ2n) is 5.82. The van der Waals surface area contributed by atoms with Gasteiger partial charge in [0.15, 0.2) is 0 Å². The number of nitrogens with one attached hydrogen (secondary N) is 1. The molecular formula is C19H25ClN2O. The molecule has 1 amide bonds. The van der Waals surface area contributed by atoms with Gasteiger partial charge in [-0.15, -0.1) is 12.4 Å². The van der Waals surface area contributed by atoms with Crippen molar-refractivity contribution in [2.75, 3.05) is 0 Å². The lowest BCUT2D eigenvalue weighted by atomic mass is 10.0. The predicted octanol–water partition coefficient (Wildman–Crippen LogP) is 3.55. The van der Waals surface area contributed by atoms with E-state index in [9.17, 15) is 4.79 Å². The van der Waals surface area contributed by atoms with E-state index in [1.54, 1.807) is 0 Å². The first-order valence-electron chi connectivity index (χ1n) is 7.72. The number of hydrogen-bond donors (Lipinski definition) is 2. The van der Waals surface area contributed by atoms with Gasteiger partial charge in [-0.05, 0) is 37.8 Å². The largest absolute Gasteiger partial charge is 0.352 e. The molecule has 2 rings (SSSR count). The van der Waals surface area contributed by atoms with Crippen LogP contribution in [0.4, 0.5) is 0 Å². The van der Waals surface area contributed by atoms with E-state index in [-0.39, 0.29) is 24.4 Å². The highest BCUT2D eigenvalue weighted by Crippen LogP contribution is 2.12. The Morgan fingerprint density at radius 2 is 1.70 bits per heavy atom. The molecule has 0 saturated heterocycles. The lowest BCUT2D eigenvalue weighted by Gasteiger charge is -2.18. The fourth-order valence-electron chi connectivity index (χ4n) is 2.36. The van der Waals surface area contributed by atoms with Crippen molar-refractivity contribution in [2.24, 2.45) is 5.73 Å². The summed E-state index contributed by atoms with van der Waals surface area (Å²) in [5.41, 5.74) is 9.32. The summed E-state index contributed by atoms with van der Waals surface area (Å²) in [7, 11) is 0. The second-order valence-corrected chi connectivity index (χ2v) is 5.82. The van der Waals surface area contributed by atoms with E-state index in [4.69, 9.17) is 5.73 Å². The third-order valence-corrected chi connectivity index (χ3v) is 3.82. The number of benzene rings is 2. The molecule has 0 aliphatic heterocycles. The molecular weight excluding hydrogens is 308 g/mol. The fourth-order valence-corrected chi connectivity index (χ4v) is 2.36. The summed E-state index contributed by atoms with van der Waals surface area (Å²) in [6.07, 6.45) is 1.85. The lowest BCUT2D eigenvalue weighted by Crippen LogP contribution is -2.39. The molecule has 3 N–H and O–H groups in total. The molecule has 0 aliphatic rings. The van der Waals surface area contributed by atoms with Crippen molar-refractivity contribution in [3.05, 3.63) is 71.3 Å². The number of nitrogens with two attached hydrogens (primary N) is 1. The molecule has 2 atom stereocenters. The average molecular weight is 333 g/mol. The third kappa shape index (κ3) is 6.05. The van der Waals surface area contributed by atoms with Gasteiger partial charge in [-0.1, -0.05) is 60.2 Å². The Morgan fingerprint density at radius 1 is 1.09 bits per heavy atom. The molecule has 2 unspecified atom stereocenters. The highest BCUT2D eigenvalue weighted by Gasteiger charge is 2.17. The van der Waals surface area contributed by atoms with Crippen LogP contribution in [0.5, 0.6) is 0 Å². The first-order chi connectivity index (χ1) is 10.6. The summed E-state index contributed by atoms with van der Waals surface area (Å²) in [5.74, 6) is -0.121. The van der Waals surface area contributed by atoms with Gasteiger partial charge >= 0.3 is 0 Å². The summed E-state index contributed by atoms with van der Waals surface area (Å²) >= 11 is 0. The standard InChI is InChI=1S/C19H24N2O.ClH/c1-14-8-12-17(13-9-14)18(20)19(22)21-15(2)10-11-16-6-4-3-5-7-16;/h3-9,12-13,15,18H,10-11,20H2,1-2H3,(H,21,22);1H. The van der Waals surface area contributed by atoms with E-state index in [1.165, 1.54) is 5.56 Å². The number of carbonyl (C=O) groups is 1. The molecule has 2 aromatic carbocycles. The number of carbonyl (C=O) groups excluding carboxylic acids is 1. The van der Waals surface area contributed by atoms with Crippen LogP contribution in [0.25, 0.3) is 0 Å². The topological polar surface area (TPSA) is 55.1 Å². The van der Waals surface area contributed by atoms with Crippen molar-refractivity contribution < 1.29 is 4.79 Å². The lowest BCUT2D eigenvalue weighted by molar-refractivity contribution is -0.123. The van der Waals surface area contributed by atoms with Crippen LogP contribution in [-0.4, -0.2) is 11.9 Å². The van der Waals surface area contributed by atoms with Gasteiger partial charge < -0.3 is 11.1 Å². The van der Waals surface area contributed by atoms with Gasteiger partial charge in [0.05, 0.1) is 0 Å². The zero-order valence-corrected chi connectivity index (χ0v) is 14.5. The van der Waals surface area contributed by atoms with Crippen LogP contribution in [-0.2, 0) is 11.2 Å². The maximum Gasteiger partial charge on any atom is 0.241 e. The van der Waals surface area contributed by atoms with E-state index in [1.807, 2.05) is 56.3 Å². The van der Waals surface area contributed by atoms with Crippen molar-refractivity contribution in [1.29, 1.82) is 0 Å². The molecule has 23 heavy (non-hydrogen) atoms. The predicted molar refractivity (Wildman–Crippen MR) is 97.7 cm³/mol. The summed E-state index contributed by atoms with van der Waals surface area (Å²) in [6.45, 7) is 4.03. The van der Waals surface area contributed by atoms with Gasteiger partial charge in [-0.2, -0.15) is 0 Å². The van der Waals surface area contributed by atoms with Crippen molar-refractivity contribution in [2.45, 2.75) is 38.8 Å². The van der Waals surface area contributed by atoms with Crippen molar-refractivity contribution in [3.63, 3.8) is 0 Å². The molecule has 4 heteroatoms. The van der Waals surface area contributed by atoms with Gasteiger partial charge in [0.25, 0.3) is 0 Å². The highest BCUT2D eigenvalue weighted by molar-refractivity contribution is 5.85. The monoisotopic (exact) mass is 332 g/mol. The van der Waals surface area contributed by atoms with Crippen LogP contribution in [0.2, 0.25) is 0 Å². The van der Waals surface area contributed by atoms with Crippen LogP contribution in [0.15, 0.2) is 54.6 Å². The molecule has 0 fully saturated rings. The first kappa shape index (κ1) is 19.2. The minimum atomic E-state index is -0.611. The van der Waals surface area contributed by atoms with Gasteiger partial charge in [0.2, 0.25) is 5.91 Å². The van der Waals surface area contributed by atoms with E-state index in [0.717, 1.165) is 24.0 Å². The molecule has 2 aromatic rings. The molecule has 124 valence electrons. The quantitative estimate of drug-likeness (QED) is 0.850. The minimum absolute atomic E-state index is 0. The molecule has 0 aromatic heterocycles. The average Bonchev–Trinajstić information content (AvgIpc) is 2.54. The summed E-state index contributed by atoms with van der Waals surface area (Å²) in [5, 5.41) is 3.00. The Hall–Kier alpha value is -1.84. The Bertz CT molecular complexity index is 599. The van der Waals surface area contributed by atoms with Crippen LogP contribution in [0.3, 0.4) is 0 Å². The number of amides is 1. The zero-order chi connectivity index (χ0) is 15.9. The van der Waals surface area contributed by atoms with Gasteiger partial charge in [0, 0.05) is 6.04 Å². The number of rotatable bonds is 6. The first-order valence-corrected chi connectivity index (χ1v) is 7.72. The van der Waals surface area contributed by atoms with Gasteiger partial charge in [-0.25, -0.2) is 0 Å². The third-order valence-electron chi connectivity index (χ3n) is 3.82. The van der Waals surface area contributed by atoms with Crippen LogP contribution in [0.1, 0.15) is 36.1 Å². The summed E-state index contributed by atoms with van der Waals surface area (Å²) < 4.78 is 0. The Kier molecular flexibility index (Phi) is 7.79. The molecule has 3 nitrogen and oxygen atoms in total. The van der Waals surface area contributed by atoms with Gasteiger partial charge in [-0.3, -0.25) is 4.79 Å². The SMILES string of the molecule is Cc1ccc(C(N)C(=O)NC(C)CCc2ccccc2)cc1.Cl. The molecule has 0 aliphatic carbocycles. The molecule has 0 heterocycles. The number of hydrogen-bond acceptors (Lipinski definition) is 2.